The minimum absolute atomic E-state index is 0.113. The Kier molecular flexibility index (Phi) is 4.51. The molecule has 0 aliphatic carbocycles. The predicted molar refractivity (Wildman–Crippen MR) is 103 cm³/mol. The summed E-state index contributed by atoms with van der Waals surface area (Å²) in [4.78, 5) is 24.8. The number of phenolic OH excluding ortho intramolecular Hbond substituents is 1. The minimum atomic E-state index is -0.385. The first-order chi connectivity index (χ1) is 13.6. The molecule has 138 valence electrons. The van der Waals surface area contributed by atoms with Gasteiger partial charge in [0.1, 0.15) is 28.7 Å². The number of aromatic hydroxyl groups is 1. The average molecular weight is 373 g/mol. The second kappa shape index (κ2) is 7.28. The fourth-order valence-electron chi connectivity index (χ4n) is 2.76. The van der Waals surface area contributed by atoms with Gasteiger partial charge in [-0.25, -0.2) is 4.90 Å². The lowest BCUT2D eigenvalue weighted by molar-refractivity contribution is -0.119. The number of hydrogen-bond donors (Lipinski definition) is 1. The van der Waals surface area contributed by atoms with Crippen LogP contribution in [0.15, 0.2) is 84.9 Å². The zero-order valence-electron chi connectivity index (χ0n) is 14.6. The molecule has 0 saturated heterocycles. The molecule has 1 aliphatic rings. The second-order valence-corrected chi connectivity index (χ2v) is 6.02. The third-order valence-corrected chi connectivity index (χ3v) is 3.98. The molecule has 3 aromatic carbocycles. The standard InChI is InChI=1S/C22H15NO5/c24-16-5-2-7-18(13-16)28-20-9-3-8-19(14-20)27-17-6-1-4-15(12-17)23-21(25)10-11-22(23)26/h1-14,24H. The van der Waals surface area contributed by atoms with Crippen molar-refractivity contribution in [3.05, 3.63) is 84.9 Å². The van der Waals surface area contributed by atoms with Crippen molar-refractivity contribution in [1.82, 2.24) is 0 Å². The molecule has 2 amide bonds. The molecule has 28 heavy (non-hydrogen) atoms. The zero-order valence-corrected chi connectivity index (χ0v) is 14.6. The topological polar surface area (TPSA) is 76.1 Å². The number of imide groups is 1. The van der Waals surface area contributed by atoms with E-state index in [1.54, 1.807) is 66.7 Å². The van der Waals surface area contributed by atoms with Crippen LogP contribution in [0.5, 0.6) is 28.7 Å². The third kappa shape index (κ3) is 3.71. The lowest BCUT2D eigenvalue weighted by Crippen LogP contribution is -2.29. The summed E-state index contributed by atoms with van der Waals surface area (Å²) >= 11 is 0. The fraction of sp³-hybridized carbons (Fsp3) is 0. The number of benzene rings is 3. The number of nitrogens with zero attached hydrogens (tertiary/aromatic N) is 1. The quantitative estimate of drug-likeness (QED) is 0.671. The van der Waals surface area contributed by atoms with Crippen LogP contribution in [0.2, 0.25) is 0 Å². The van der Waals surface area contributed by atoms with E-state index in [0.29, 0.717) is 28.7 Å². The summed E-state index contributed by atoms with van der Waals surface area (Å²) in [5, 5.41) is 9.53. The van der Waals surface area contributed by atoms with Gasteiger partial charge in [0.05, 0.1) is 5.69 Å². The van der Waals surface area contributed by atoms with Crippen LogP contribution in [0.25, 0.3) is 0 Å². The molecule has 0 atom stereocenters. The monoisotopic (exact) mass is 373 g/mol. The van der Waals surface area contributed by atoms with Crippen LogP contribution in [0.3, 0.4) is 0 Å². The van der Waals surface area contributed by atoms with Gasteiger partial charge in [0.25, 0.3) is 11.8 Å². The number of anilines is 1. The molecule has 6 nitrogen and oxygen atoms in total. The smallest absolute Gasteiger partial charge is 0.258 e. The normalized spacial score (nSPS) is 13.1. The number of phenols is 1. The lowest BCUT2D eigenvalue weighted by atomic mass is 10.2. The van der Waals surface area contributed by atoms with Crippen molar-refractivity contribution >= 4 is 17.5 Å². The predicted octanol–water partition coefficient (Wildman–Crippen LogP) is 4.41. The van der Waals surface area contributed by atoms with E-state index >= 15 is 0 Å². The first-order valence-corrected chi connectivity index (χ1v) is 8.49. The van der Waals surface area contributed by atoms with Gasteiger partial charge in [-0.05, 0) is 36.4 Å². The zero-order chi connectivity index (χ0) is 19.5. The number of carbonyl (C=O) groups excluding carboxylic acids is 2. The van der Waals surface area contributed by atoms with Crippen LogP contribution in [0.4, 0.5) is 5.69 Å². The van der Waals surface area contributed by atoms with Crippen LogP contribution in [0, 0.1) is 0 Å². The Balaban J connectivity index is 1.53. The van der Waals surface area contributed by atoms with Crippen molar-refractivity contribution in [2.45, 2.75) is 0 Å². The van der Waals surface area contributed by atoms with Crippen LogP contribution >= 0.6 is 0 Å². The largest absolute Gasteiger partial charge is 0.508 e. The average Bonchev–Trinajstić information content (AvgIpc) is 3.01. The Labute approximate surface area is 160 Å². The highest BCUT2D eigenvalue weighted by molar-refractivity contribution is 6.28. The number of carbonyl (C=O) groups is 2. The maximum Gasteiger partial charge on any atom is 0.258 e. The molecule has 0 aromatic heterocycles. The first kappa shape index (κ1) is 17.4. The molecule has 6 heteroatoms. The first-order valence-electron chi connectivity index (χ1n) is 8.49. The van der Waals surface area contributed by atoms with Gasteiger partial charge in [-0.3, -0.25) is 9.59 Å². The third-order valence-electron chi connectivity index (χ3n) is 3.98. The van der Waals surface area contributed by atoms with Crippen molar-refractivity contribution in [3.8, 4) is 28.7 Å². The maximum atomic E-state index is 11.8. The van der Waals surface area contributed by atoms with E-state index in [4.69, 9.17) is 9.47 Å². The van der Waals surface area contributed by atoms with Gasteiger partial charge in [-0.2, -0.15) is 0 Å². The van der Waals surface area contributed by atoms with E-state index in [1.807, 2.05) is 0 Å². The highest BCUT2D eigenvalue weighted by Crippen LogP contribution is 2.31. The maximum absolute atomic E-state index is 11.8. The highest BCUT2D eigenvalue weighted by Gasteiger charge is 2.25. The van der Waals surface area contributed by atoms with Crippen molar-refractivity contribution < 1.29 is 24.2 Å². The molecule has 0 spiro atoms. The number of rotatable bonds is 5. The van der Waals surface area contributed by atoms with Gasteiger partial charge in [0, 0.05) is 30.4 Å². The second-order valence-electron chi connectivity index (χ2n) is 6.02. The molecule has 0 saturated carbocycles. The van der Waals surface area contributed by atoms with Crippen LogP contribution in [0.1, 0.15) is 0 Å². The van der Waals surface area contributed by atoms with Crippen LogP contribution in [-0.2, 0) is 9.59 Å². The van der Waals surface area contributed by atoms with Crippen molar-refractivity contribution in [2.75, 3.05) is 4.90 Å². The molecule has 0 fully saturated rings. The number of ether oxygens (including phenoxy) is 2. The Hall–Kier alpha value is -4.06. The molecule has 4 rings (SSSR count). The van der Waals surface area contributed by atoms with Crippen molar-refractivity contribution in [3.63, 3.8) is 0 Å². The number of hydrogen-bond acceptors (Lipinski definition) is 5. The van der Waals surface area contributed by atoms with E-state index in [9.17, 15) is 14.7 Å². The molecular weight excluding hydrogens is 358 g/mol. The summed E-state index contributed by atoms with van der Waals surface area (Å²) in [6, 6.07) is 20.2. The molecule has 0 radical (unpaired) electrons. The summed E-state index contributed by atoms with van der Waals surface area (Å²) < 4.78 is 11.6. The Morgan fingerprint density at radius 3 is 1.75 bits per heavy atom. The SMILES string of the molecule is O=C1C=CC(=O)N1c1cccc(Oc2cccc(Oc3cccc(O)c3)c2)c1. The molecule has 1 heterocycles. The van der Waals surface area contributed by atoms with Gasteiger partial charge < -0.3 is 14.6 Å². The Morgan fingerprint density at radius 1 is 0.643 bits per heavy atom. The van der Waals surface area contributed by atoms with Gasteiger partial charge in [0.2, 0.25) is 0 Å². The molecule has 0 unspecified atom stereocenters. The molecule has 3 aromatic rings. The summed E-state index contributed by atoms with van der Waals surface area (Å²) in [5.41, 5.74) is 0.435. The van der Waals surface area contributed by atoms with Gasteiger partial charge in [-0.1, -0.05) is 18.2 Å². The molecular formula is C22H15NO5. The van der Waals surface area contributed by atoms with Crippen molar-refractivity contribution in [1.29, 1.82) is 0 Å². The Morgan fingerprint density at radius 2 is 1.14 bits per heavy atom. The van der Waals surface area contributed by atoms with E-state index in [0.717, 1.165) is 4.90 Å². The van der Waals surface area contributed by atoms with Crippen LogP contribution < -0.4 is 14.4 Å². The van der Waals surface area contributed by atoms with Crippen molar-refractivity contribution in [2.24, 2.45) is 0 Å². The summed E-state index contributed by atoms with van der Waals surface area (Å²) in [7, 11) is 0. The fourth-order valence-corrected chi connectivity index (χ4v) is 2.76. The van der Waals surface area contributed by atoms with E-state index in [-0.39, 0.29) is 17.6 Å². The van der Waals surface area contributed by atoms with Gasteiger partial charge >= 0.3 is 0 Å². The van der Waals surface area contributed by atoms with E-state index < -0.39 is 0 Å². The van der Waals surface area contributed by atoms with Gasteiger partial charge in [-0.15, -0.1) is 0 Å². The molecule has 1 aliphatic heterocycles. The molecule has 1 N–H and O–H groups in total. The Bertz CT molecular complexity index is 1070. The van der Waals surface area contributed by atoms with E-state index in [1.165, 1.54) is 18.2 Å². The summed E-state index contributed by atoms with van der Waals surface area (Å²) in [5.74, 6) is 1.37. The minimum Gasteiger partial charge on any atom is -0.508 e. The van der Waals surface area contributed by atoms with Gasteiger partial charge in [0.15, 0.2) is 0 Å². The molecule has 0 bridgehead atoms. The summed E-state index contributed by atoms with van der Waals surface area (Å²) in [6.07, 6.45) is 2.47. The highest BCUT2D eigenvalue weighted by atomic mass is 16.5. The summed E-state index contributed by atoms with van der Waals surface area (Å²) in [6.45, 7) is 0. The van der Waals surface area contributed by atoms with E-state index in [2.05, 4.69) is 0 Å². The number of amides is 2. The lowest BCUT2D eigenvalue weighted by Gasteiger charge is -2.15. The van der Waals surface area contributed by atoms with Crippen LogP contribution in [-0.4, -0.2) is 16.9 Å².